The van der Waals surface area contributed by atoms with Crippen LogP contribution >= 0.6 is 11.6 Å². The maximum atomic E-state index is 12.6. The van der Waals surface area contributed by atoms with Gasteiger partial charge in [-0.15, -0.1) is 0 Å². The van der Waals surface area contributed by atoms with E-state index >= 15 is 0 Å². The maximum Gasteiger partial charge on any atom is 0.146 e. The molecule has 1 heterocycles. The largest absolute Gasteiger partial charge is 0.382 e. The van der Waals surface area contributed by atoms with Gasteiger partial charge in [-0.2, -0.15) is 5.10 Å². The summed E-state index contributed by atoms with van der Waals surface area (Å²) in [4.78, 5) is 0. The lowest BCUT2D eigenvalue weighted by Crippen LogP contribution is -2.01. The molecular weight excluding hydrogens is 205 g/mol. The first kappa shape index (κ1) is 9.02. The van der Waals surface area contributed by atoms with Gasteiger partial charge < -0.3 is 5.73 Å². The van der Waals surface area contributed by atoms with E-state index in [0.717, 1.165) is 0 Å². The Bertz CT molecular complexity index is 450. The lowest BCUT2D eigenvalue weighted by Gasteiger charge is -2.02. The maximum absolute atomic E-state index is 12.6. The monoisotopic (exact) mass is 211 g/mol. The predicted octanol–water partition coefficient (Wildman–Crippen LogP) is 2.25. The molecule has 0 saturated heterocycles. The molecule has 0 spiro atoms. The Morgan fingerprint density at radius 1 is 1.29 bits per heavy atom. The second kappa shape index (κ2) is 3.31. The molecule has 5 heteroatoms. The van der Waals surface area contributed by atoms with E-state index in [-0.39, 0.29) is 5.82 Å². The van der Waals surface area contributed by atoms with Crippen LogP contribution < -0.4 is 5.73 Å². The van der Waals surface area contributed by atoms with Gasteiger partial charge in [-0.25, -0.2) is 9.07 Å². The van der Waals surface area contributed by atoms with Gasteiger partial charge in [0.05, 0.1) is 11.9 Å². The molecule has 0 aliphatic rings. The summed E-state index contributed by atoms with van der Waals surface area (Å²) in [5, 5.41) is 4.34. The first-order valence-electron chi connectivity index (χ1n) is 3.93. The molecule has 14 heavy (non-hydrogen) atoms. The molecule has 1 aromatic heterocycles. The smallest absolute Gasteiger partial charge is 0.146 e. The number of hydrogen-bond acceptors (Lipinski definition) is 2. The summed E-state index contributed by atoms with van der Waals surface area (Å²) < 4.78 is 14.1. The standard InChI is InChI=1S/C9H7ClFN3/c10-8-5-13-14(9(8)12)7-3-1-6(11)2-4-7/h1-5H,12H2. The van der Waals surface area contributed by atoms with Crippen LogP contribution in [0.5, 0.6) is 0 Å². The third-order valence-electron chi connectivity index (χ3n) is 1.83. The van der Waals surface area contributed by atoms with Gasteiger partial charge in [-0.3, -0.25) is 0 Å². The number of nitrogens with two attached hydrogens (primary N) is 1. The molecule has 0 atom stereocenters. The van der Waals surface area contributed by atoms with Crippen LogP contribution in [0.3, 0.4) is 0 Å². The molecule has 3 nitrogen and oxygen atoms in total. The van der Waals surface area contributed by atoms with Crippen molar-refractivity contribution in [3.8, 4) is 5.69 Å². The minimum atomic E-state index is -0.300. The van der Waals surface area contributed by atoms with Crippen LogP contribution in [0.1, 0.15) is 0 Å². The molecule has 0 aliphatic carbocycles. The van der Waals surface area contributed by atoms with Crippen LogP contribution in [0.2, 0.25) is 5.02 Å². The highest BCUT2D eigenvalue weighted by molar-refractivity contribution is 6.32. The van der Waals surface area contributed by atoms with Crippen LogP contribution in [0.4, 0.5) is 10.2 Å². The lowest BCUT2D eigenvalue weighted by molar-refractivity contribution is 0.627. The van der Waals surface area contributed by atoms with Crippen LogP contribution in [-0.2, 0) is 0 Å². The fourth-order valence-electron chi connectivity index (χ4n) is 1.13. The molecule has 0 aliphatic heterocycles. The topological polar surface area (TPSA) is 43.8 Å². The van der Waals surface area contributed by atoms with Crippen molar-refractivity contribution >= 4 is 17.4 Å². The highest BCUT2D eigenvalue weighted by Gasteiger charge is 2.06. The fourth-order valence-corrected chi connectivity index (χ4v) is 1.25. The van der Waals surface area contributed by atoms with Gasteiger partial charge in [0.15, 0.2) is 0 Å². The van der Waals surface area contributed by atoms with Crippen molar-refractivity contribution in [1.82, 2.24) is 9.78 Å². The van der Waals surface area contributed by atoms with E-state index < -0.39 is 0 Å². The molecule has 0 saturated carbocycles. The van der Waals surface area contributed by atoms with Gasteiger partial charge in [-0.05, 0) is 24.3 Å². The zero-order valence-electron chi connectivity index (χ0n) is 7.11. The van der Waals surface area contributed by atoms with E-state index in [1.165, 1.54) is 23.0 Å². The van der Waals surface area contributed by atoms with Crippen molar-refractivity contribution in [3.63, 3.8) is 0 Å². The first-order valence-corrected chi connectivity index (χ1v) is 4.31. The second-order valence-corrected chi connectivity index (χ2v) is 3.17. The third-order valence-corrected chi connectivity index (χ3v) is 2.12. The van der Waals surface area contributed by atoms with Crippen molar-refractivity contribution in [1.29, 1.82) is 0 Å². The average molecular weight is 212 g/mol. The Morgan fingerprint density at radius 3 is 2.43 bits per heavy atom. The van der Waals surface area contributed by atoms with E-state index in [9.17, 15) is 4.39 Å². The van der Waals surface area contributed by atoms with Crippen molar-refractivity contribution < 1.29 is 4.39 Å². The molecule has 2 N–H and O–H groups in total. The van der Waals surface area contributed by atoms with Gasteiger partial charge in [0, 0.05) is 0 Å². The van der Waals surface area contributed by atoms with Gasteiger partial charge in [0.2, 0.25) is 0 Å². The SMILES string of the molecule is Nc1c(Cl)cnn1-c1ccc(F)cc1. The highest BCUT2D eigenvalue weighted by Crippen LogP contribution is 2.20. The van der Waals surface area contributed by atoms with Gasteiger partial charge in [0.25, 0.3) is 0 Å². The summed E-state index contributed by atoms with van der Waals surface area (Å²) in [5.74, 6) is 0.0452. The second-order valence-electron chi connectivity index (χ2n) is 2.77. The van der Waals surface area contributed by atoms with Crippen LogP contribution in [0.15, 0.2) is 30.5 Å². The Kier molecular flexibility index (Phi) is 2.13. The Morgan fingerprint density at radius 2 is 1.93 bits per heavy atom. The molecule has 72 valence electrons. The fraction of sp³-hybridized carbons (Fsp3) is 0. The predicted molar refractivity (Wildman–Crippen MR) is 52.9 cm³/mol. The minimum absolute atomic E-state index is 0.300. The van der Waals surface area contributed by atoms with Crippen molar-refractivity contribution in [3.05, 3.63) is 41.3 Å². The molecule has 0 fully saturated rings. The number of benzene rings is 1. The third kappa shape index (κ3) is 1.44. The van der Waals surface area contributed by atoms with E-state index in [4.69, 9.17) is 17.3 Å². The molecule has 0 unspecified atom stereocenters. The molecule has 0 radical (unpaired) electrons. The number of halogens is 2. The minimum Gasteiger partial charge on any atom is -0.382 e. The average Bonchev–Trinajstić information content (AvgIpc) is 2.50. The highest BCUT2D eigenvalue weighted by atomic mass is 35.5. The number of anilines is 1. The summed E-state index contributed by atoms with van der Waals surface area (Å²) in [5.41, 5.74) is 6.32. The van der Waals surface area contributed by atoms with Crippen LogP contribution in [0.25, 0.3) is 5.69 Å². The number of nitrogen functional groups attached to an aromatic ring is 1. The summed E-state index contributed by atoms with van der Waals surface area (Å²) in [6.45, 7) is 0. The number of aromatic nitrogens is 2. The quantitative estimate of drug-likeness (QED) is 0.786. The molecule has 0 amide bonds. The Labute approximate surface area is 84.9 Å². The summed E-state index contributed by atoms with van der Waals surface area (Å²) >= 11 is 5.73. The normalized spacial score (nSPS) is 10.4. The summed E-state index contributed by atoms with van der Waals surface area (Å²) in [6, 6.07) is 5.83. The Balaban J connectivity index is 2.49. The van der Waals surface area contributed by atoms with E-state index in [0.29, 0.717) is 16.5 Å². The summed E-state index contributed by atoms with van der Waals surface area (Å²) in [7, 11) is 0. The van der Waals surface area contributed by atoms with Gasteiger partial charge >= 0.3 is 0 Å². The van der Waals surface area contributed by atoms with Crippen molar-refractivity contribution in [2.24, 2.45) is 0 Å². The number of hydrogen-bond donors (Lipinski definition) is 1. The summed E-state index contributed by atoms with van der Waals surface area (Å²) in [6.07, 6.45) is 1.44. The van der Waals surface area contributed by atoms with Gasteiger partial charge in [-0.1, -0.05) is 11.6 Å². The van der Waals surface area contributed by atoms with E-state index in [1.807, 2.05) is 0 Å². The first-order chi connectivity index (χ1) is 6.68. The lowest BCUT2D eigenvalue weighted by atomic mass is 10.3. The Hall–Kier alpha value is -1.55. The molecule has 2 rings (SSSR count). The number of rotatable bonds is 1. The van der Waals surface area contributed by atoms with Crippen LogP contribution in [-0.4, -0.2) is 9.78 Å². The van der Waals surface area contributed by atoms with Crippen molar-refractivity contribution in [2.45, 2.75) is 0 Å². The van der Waals surface area contributed by atoms with Crippen LogP contribution in [0, 0.1) is 5.82 Å². The molecule has 2 aromatic rings. The molecule has 0 bridgehead atoms. The zero-order valence-corrected chi connectivity index (χ0v) is 7.87. The van der Waals surface area contributed by atoms with E-state index in [2.05, 4.69) is 5.10 Å². The molecular formula is C9H7ClFN3. The van der Waals surface area contributed by atoms with Crippen molar-refractivity contribution in [2.75, 3.05) is 5.73 Å². The van der Waals surface area contributed by atoms with Gasteiger partial charge in [0.1, 0.15) is 16.7 Å². The zero-order chi connectivity index (χ0) is 10.1. The van der Waals surface area contributed by atoms with E-state index in [1.54, 1.807) is 12.1 Å². The molecule has 1 aromatic carbocycles. The number of nitrogens with zero attached hydrogens (tertiary/aromatic N) is 2.